The van der Waals surface area contributed by atoms with E-state index >= 15 is 0 Å². The maximum Gasteiger partial charge on any atom is 0.116 e. The molecule has 0 spiro atoms. The van der Waals surface area contributed by atoms with Crippen molar-refractivity contribution in [3.05, 3.63) is 23.5 Å². The third-order valence-electron chi connectivity index (χ3n) is 2.91. The molecule has 0 saturated carbocycles. The van der Waals surface area contributed by atoms with Crippen molar-refractivity contribution in [1.29, 1.82) is 0 Å². The second-order valence-corrected chi connectivity index (χ2v) is 4.68. The zero-order chi connectivity index (χ0) is 10.8. The number of rotatable bonds is 3. The predicted molar refractivity (Wildman–Crippen MR) is 64.4 cm³/mol. The van der Waals surface area contributed by atoms with Crippen LogP contribution in [0, 0.1) is 0 Å². The van der Waals surface area contributed by atoms with Gasteiger partial charge in [-0.15, -0.1) is 11.3 Å². The summed E-state index contributed by atoms with van der Waals surface area (Å²) in [6, 6.07) is 2.47. The molecule has 2 rings (SSSR count). The molecule has 0 fully saturated rings. The highest BCUT2D eigenvalue weighted by Crippen LogP contribution is 2.28. The molecule has 4 heteroatoms. The van der Waals surface area contributed by atoms with Crippen molar-refractivity contribution >= 4 is 21.6 Å². The van der Waals surface area contributed by atoms with Crippen molar-refractivity contribution in [3.63, 3.8) is 0 Å². The molecule has 2 unspecified atom stereocenters. The van der Waals surface area contributed by atoms with Crippen molar-refractivity contribution in [2.24, 2.45) is 0 Å². The normalized spacial score (nSPS) is 15.4. The maximum atomic E-state index is 4.41. The van der Waals surface area contributed by atoms with Crippen LogP contribution in [0.4, 0.5) is 0 Å². The molecule has 0 aliphatic carbocycles. The molecule has 3 nitrogen and oxygen atoms in total. The Kier molecular flexibility index (Phi) is 2.98. The highest BCUT2D eigenvalue weighted by molar-refractivity contribution is 7.17. The van der Waals surface area contributed by atoms with Gasteiger partial charge in [-0.3, -0.25) is 0 Å². The van der Waals surface area contributed by atoms with Crippen molar-refractivity contribution < 1.29 is 0 Å². The number of nitrogens with zero attached hydrogens (tertiary/aromatic N) is 2. The first-order chi connectivity index (χ1) is 7.24. The van der Waals surface area contributed by atoms with Crippen LogP contribution in [0.2, 0.25) is 0 Å². The standard InChI is InChI=1S/C11H15N3S/c1-7(8(2)12-3)10-11-9(4-5-15-11)13-6-14-10/h4-8,12H,1-3H3. The van der Waals surface area contributed by atoms with Crippen LogP contribution in [0.1, 0.15) is 25.5 Å². The minimum atomic E-state index is 0.402. The monoisotopic (exact) mass is 221 g/mol. The van der Waals surface area contributed by atoms with E-state index in [0.717, 1.165) is 11.2 Å². The molecule has 0 amide bonds. The molecule has 2 atom stereocenters. The van der Waals surface area contributed by atoms with E-state index in [1.165, 1.54) is 4.70 Å². The second kappa shape index (κ2) is 4.24. The molecule has 2 aromatic heterocycles. The number of thiophene rings is 1. The van der Waals surface area contributed by atoms with Crippen molar-refractivity contribution in [3.8, 4) is 0 Å². The number of hydrogen-bond donors (Lipinski definition) is 1. The van der Waals surface area contributed by atoms with Gasteiger partial charge in [-0.2, -0.15) is 0 Å². The topological polar surface area (TPSA) is 37.8 Å². The van der Waals surface area contributed by atoms with Crippen LogP contribution >= 0.6 is 11.3 Å². The first-order valence-electron chi connectivity index (χ1n) is 5.09. The van der Waals surface area contributed by atoms with Gasteiger partial charge in [-0.1, -0.05) is 6.92 Å². The summed E-state index contributed by atoms with van der Waals surface area (Å²) in [5.41, 5.74) is 2.21. The van der Waals surface area contributed by atoms with Gasteiger partial charge in [0.15, 0.2) is 0 Å². The lowest BCUT2D eigenvalue weighted by Crippen LogP contribution is -2.27. The Balaban J connectivity index is 2.46. The van der Waals surface area contributed by atoms with Gasteiger partial charge in [0, 0.05) is 12.0 Å². The molecule has 0 bridgehead atoms. The fourth-order valence-corrected chi connectivity index (χ4v) is 2.55. The number of hydrogen-bond acceptors (Lipinski definition) is 4. The molecule has 2 heterocycles. The Morgan fingerprint density at radius 2 is 2.13 bits per heavy atom. The van der Waals surface area contributed by atoms with Crippen LogP contribution in [0.25, 0.3) is 10.2 Å². The van der Waals surface area contributed by atoms with Gasteiger partial charge in [-0.25, -0.2) is 9.97 Å². The minimum absolute atomic E-state index is 0.402. The van der Waals surface area contributed by atoms with Gasteiger partial charge in [0.25, 0.3) is 0 Å². The number of nitrogens with one attached hydrogen (secondary N) is 1. The van der Waals surface area contributed by atoms with Crippen LogP contribution in [0.15, 0.2) is 17.8 Å². The van der Waals surface area contributed by atoms with Crippen molar-refractivity contribution in [2.75, 3.05) is 7.05 Å². The van der Waals surface area contributed by atoms with Crippen molar-refractivity contribution in [1.82, 2.24) is 15.3 Å². The lowest BCUT2D eigenvalue weighted by Gasteiger charge is -2.18. The van der Waals surface area contributed by atoms with E-state index in [2.05, 4.69) is 34.5 Å². The summed E-state index contributed by atoms with van der Waals surface area (Å²) in [7, 11) is 1.98. The second-order valence-electron chi connectivity index (χ2n) is 3.76. The van der Waals surface area contributed by atoms with Gasteiger partial charge in [0.2, 0.25) is 0 Å². The third-order valence-corrected chi connectivity index (χ3v) is 3.83. The highest BCUT2D eigenvalue weighted by atomic mass is 32.1. The molecule has 0 radical (unpaired) electrons. The molecule has 15 heavy (non-hydrogen) atoms. The van der Waals surface area contributed by atoms with E-state index in [1.807, 2.05) is 13.1 Å². The molecule has 0 aromatic carbocycles. The molecule has 80 valence electrons. The first kappa shape index (κ1) is 10.5. The smallest absolute Gasteiger partial charge is 0.116 e. The molecular weight excluding hydrogens is 206 g/mol. The van der Waals surface area contributed by atoms with Crippen LogP contribution < -0.4 is 5.32 Å². The van der Waals surface area contributed by atoms with Gasteiger partial charge < -0.3 is 5.32 Å². The summed E-state index contributed by atoms with van der Waals surface area (Å²) in [5.74, 6) is 0.402. The predicted octanol–water partition coefficient (Wildman–Crippen LogP) is 2.40. The first-order valence-corrected chi connectivity index (χ1v) is 5.97. The average Bonchev–Trinajstić information content (AvgIpc) is 2.74. The third kappa shape index (κ3) is 1.87. The summed E-state index contributed by atoms with van der Waals surface area (Å²) in [5, 5.41) is 5.33. The van der Waals surface area contributed by atoms with E-state index in [0.29, 0.717) is 12.0 Å². The molecule has 1 N–H and O–H groups in total. The molecular formula is C11H15N3S. The minimum Gasteiger partial charge on any atom is -0.317 e. The van der Waals surface area contributed by atoms with E-state index in [1.54, 1.807) is 17.7 Å². The Labute approximate surface area is 93.6 Å². The Bertz CT molecular complexity index is 452. The Hall–Kier alpha value is -1.000. The summed E-state index contributed by atoms with van der Waals surface area (Å²) in [4.78, 5) is 8.66. The maximum absolute atomic E-state index is 4.41. The number of fused-ring (bicyclic) bond motifs is 1. The molecule has 0 saturated heterocycles. The van der Waals surface area contributed by atoms with Gasteiger partial charge in [-0.05, 0) is 25.4 Å². The molecule has 0 aliphatic heterocycles. The Morgan fingerprint density at radius 1 is 1.33 bits per heavy atom. The van der Waals surface area contributed by atoms with Crippen LogP contribution in [-0.4, -0.2) is 23.1 Å². The number of likely N-dealkylation sites (N-methyl/N-ethyl adjacent to an activating group) is 1. The number of aromatic nitrogens is 2. The van der Waals surface area contributed by atoms with Gasteiger partial charge >= 0.3 is 0 Å². The average molecular weight is 221 g/mol. The molecule has 2 aromatic rings. The zero-order valence-corrected chi connectivity index (χ0v) is 10.0. The fraction of sp³-hybridized carbons (Fsp3) is 0.455. The lowest BCUT2D eigenvalue weighted by atomic mass is 9.99. The van der Waals surface area contributed by atoms with E-state index in [9.17, 15) is 0 Å². The van der Waals surface area contributed by atoms with Crippen LogP contribution in [0.5, 0.6) is 0 Å². The summed E-state index contributed by atoms with van der Waals surface area (Å²) >= 11 is 1.72. The summed E-state index contributed by atoms with van der Waals surface area (Å²) < 4.78 is 1.21. The van der Waals surface area contributed by atoms with E-state index in [-0.39, 0.29) is 0 Å². The quantitative estimate of drug-likeness (QED) is 0.865. The summed E-state index contributed by atoms with van der Waals surface area (Å²) in [6.45, 7) is 4.37. The zero-order valence-electron chi connectivity index (χ0n) is 9.19. The van der Waals surface area contributed by atoms with E-state index < -0.39 is 0 Å². The summed E-state index contributed by atoms with van der Waals surface area (Å²) in [6.07, 6.45) is 1.66. The van der Waals surface area contributed by atoms with Gasteiger partial charge in [0.05, 0.1) is 15.9 Å². The van der Waals surface area contributed by atoms with Crippen LogP contribution in [0.3, 0.4) is 0 Å². The molecule has 0 aliphatic rings. The SMILES string of the molecule is CNC(C)C(C)c1ncnc2ccsc12. The largest absolute Gasteiger partial charge is 0.317 e. The van der Waals surface area contributed by atoms with Gasteiger partial charge in [0.1, 0.15) is 6.33 Å². The highest BCUT2D eigenvalue weighted by Gasteiger charge is 2.17. The van der Waals surface area contributed by atoms with Crippen molar-refractivity contribution in [2.45, 2.75) is 25.8 Å². The van der Waals surface area contributed by atoms with Crippen LogP contribution in [-0.2, 0) is 0 Å². The van der Waals surface area contributed by atoms with E-state index in [4.69, 9.17) is 0 Å². The fourth-order valence-electron chi connectivity index (χ4n) is 1.62. The lowest BCUT2D eigenvalue weighted by molar-refractivity contribution is 0.518. The Morgan fingerprint density at radius 3 is 2.87 bits per heavy atom.